The maximum Gasteiger partial charge on any atom is 0.220 e. The highest BCUT2D eigenvalue weighted by atomic mass is 32.2. The Morgan fingerprint density at radius 2 is 2.25 bits per heavy atom. The number of carbonyl (C=O) groups is 1. The maximum atomic E-state index is 11.5. The predicted molar refractivity (Wildman–Crippen MR) is 62.7 cm³/mol. The molecular weight excluding hydrogens is 228 g/mol. The van der Waals surface area contributed by atoms with E-state index in [2.05, 4.69) is 5.32 Å². The van der Waals surface area contributed by atoms with Crippen LogP contribution in [0.25, 0.3) is 0 Å². The SMILES string of the molecule is CC(CN)CCC(=O)NC1CCS(=O)(=O)C1. The van der Waals surface area contributed by atoms with Crippen molar-refractivity contribution >= 4 is 15.7 Å². The Kier molecular flexibility index (Phi) is 4.73. The number of amides is 1. The van der Waals surface area contributed by atoms with Gasteiger partial charge in [-0.25, -0.2) is 8.42 Å². The van der Waals surface area contributed by atoms with Gasteiger partial charge in [-0.1, -0.05) is 6.92 Å². The van der Waals surface area contributed by atoms with Gasteiger partial charge in [-0.15, -0.1) is 0 Å². The van der Waals surface area contributed by atoms with Crippen LogP contribution in [0.4, 0.5) is 0 Å². The summed E-state index contributed by atoms with van der Waals surface area (Å²) in [5, 5.41) is 2.76. The molecule has 1 rings (SSSR count). The van der Waals surface area contributed by atoms with Gasteiger partial charge in [0.25, 0.3) is 0 Å². The summed E-state index contributed by atoms with van der Waals surface area (Å²) < 4.78 is 22.3. The fourth-order valence-electron chi connectivity index (χ4n) is 1.70. The number of rotatable bonds is 5. The molecule has 6 heteroatoms. The fourth-order valence-corrected chi connectivity index (χ4v) is 3.38. The molecule has 0 aliphatic carbocycles. The normalized spacial score (nSPS) is 25.2. The molecule has 0 aromatic heterocycles. The van der Waals surface area contributed by atoms with E-state index in [0.29, 0.717) is 25.3 Å². The second kappa shape index (κ2) is 5.63. The minimum Gasteiger partial charge on any atom is -0.352 e. The number of nitrogens with two attached hydrogens (primary N) is 1. The molecule has 0 radical (unpaired) electrons. The summed E-state index contributed by atoms with van der Waals surface area (Å²) in [5.74, 6) is 0.544. The van der Waals surface area contributed by atoms with Gasteiger partial charge < -0.3 is 11.1 Å². The summed E-state index contributed by atoms with van der Waals surface area (Å²) in [4.78, 5) is 11.5. The largest absolute Gasteiger partial charge is 0.352 e. The van der Waals surface area contributed by atoms with Crippen LogP contribution in [-0.2, 0) is 14.6 Å². The van der Waals surface area contributed by atoms with Gasteiger partial charge in [0.15, 0.2) is 9.84 Å². The van der Waals surface area contributed by atoms with Gasteiger partial charge in [0.2, 0.25) is 5.91 Å². The highest BCUT2D eigenvalue weighted by Gasteiger charge is 2.28. The number of sulfone groups is 1. The van der Waals surface area contributed by atoms with Crippen molar-refractivity contribution in [1.29, 1.82) is 0 Å². The Bertz CT molecular complexity index is 340. The van der Waals surface area contributed by atoms with E-state index in [1.54, 1.807) is 0 Å². The van der Waals surface area contributed by atoms with Gasteiger partial charge in [-0.05, 0) is 25.3 Å². The van der Waals surface area contributed by atoms with Crippen LogP contribution < -0.4 is 11.1 Å². The smallest absolute Gasteiger partial charge is 0.220 e. The Hall–Kier alpha value is -0.620. The molecule has 1 saturated heterocycles. The quantitative estimate of drug-likeness (QED) is 0.697. The molecule has 0 saturated carbocycles. The Morgan fingerprint density at radius 3 is 2.75 bits per heavy atom. The van der Waals surface area contributed by atoms with Crippen molar-refractivity contribution in [3.05, 3.63) is 0 Å². The van der Waals surface area contributed by atoms with Crippen molar-refractivity contribution in [2.75, 3.05) is 18.1 Å². The molecule has 94 valence electrons. The lowest BCUT2D eigenvalue weighted by atomic mass is 10.1. The van der Waals surface area contributed by atoms with E-state index in [0.717, 1.165) is 6.42 Å². The molecule has 1 fully saturated rings. The molecule has 0 spiro atoms. The van der Waals surface area contributed by atoms with Gasteiger partial charge in [0, 0.05) is 12.5 Å². The maximum absolute atomic E-state index is 11.5. The zero-order valence-electron chi connectivity index (χ0n) is 9.61. The minimum atomic E-state index is -2.91. The Morgan fingerprint density at radius 1 is 1.56 bits per heavy atom. The standard InChI is InChI=1S/C10H20N2O3S/c1-8(6-11)2-3-10(13)12-9-4-5-16(14,15)7-9/h8-9H,2-7,11H2,1H3,(H,12,13). The lowest BCUT2D eigenvalue weighted by Gasteiger charge is -2.12. The first-order valence-corrected chi connectivity index (χ1v) is 7.45. The highest BCUT2D eigenvalue weighted by molar-refractivity contribution is 7.91. The zero-order chi connectivity index (χ0) is 12.2. The van der Waals surface area contributed by atoms with Crippen LogP contribution in [-0.4, -0.2) is 38.4 Å². The van der Waals surface area contributed by atoms with Crippen LogP contribution in [0.15, 0.2) is 0 Å². The Labute approximate surface area is 96.7 Å². The first kappa shape index (κ1) is 13.4. The lowest BCUT2D eigenvalue weighted by Crippen LogP contribution is -2.35. The van der Waals surface area contributed by atoms with Crippen molar-refractivity contribution in [3.63, 3.8) is 0 Å². The summed E-state index contributed by atoms with van der Waals surface area (Å²) >= 11 is 0. The molecule has 0 aromatic rings. The second-order valence-electron chi connectivity index (χ2n) is 4.55. The van der Waals surface area contributed by atoms with E-state index in [-0.39, 0.29) is 23.5 Å². The van der Waals surface area contributed by atoms with E-state index >= 15 is 0 Å². The van der Waals surface area contributed by atoms with Gasteiger partial charge in [0.1, 0.15) is 0 Å². The summed E-state index contributed by atoms with van der Waals surface area (Å²) in [6, 6.07) is -0.189. The molecule has 2 atom stereocenters. The monoisotopic (exact) mass is 248 g/mol. The van der Waals surface area contributed by atoms with Crippen LogP contribution in [0.5, 0.6) is 0 Å². The third kappa shape index (κ3) is 4.49. The average molecular weight is 248 g/mol. The van der Waals surface area contributed by atoms with Crippen molar-refractivity contribution in [1.82, 2.24) is 5.32 Å². The number of hydrogen-bond acceptors (Lipinski definition) is 4. The van der Waals surface area contributed by atoms with Crippen LogP contribution >= 0.6 is 0 Å². The molecule has 0 bridgehead atoms. The third-order valence-electron chi connectivity index (χ3n) is 2.86. The van der Waals surface area contributed by atoms with Crippen LogP contribution in [0.2, 0.25) is 0 Å². The van der Waals surface area contributed by atoms with E-state index in [1.807, 2.05) is 6.92 Å². The van der Waals surface area contributed by atoms with E-state index in [9.17, 15) is 13.2 Å². The molecule has 0 aromatic carbocycles. The van der Waals surface area contributed by atoms with Gasteiger partial charge in [-0.3, -0.25) is 4.79 Å². The second-order valence-corrected chi connectivity index (χ2v) is 6.78. The van der Waals surface area contributed by atoms with Crippen LogP contribution in [0.3, 0.4) is 0 Å². The summed E-state index contributed by atoms with van der Waals surface area (Å²) in [7, 11) is -2.91. The van der Waals surface area contributed by atoms with E-state index in [1.165, 1.54) is 0 Å². The molecule has 16 heavy (non-hydrogen) atoms. The van der Waals surface area contributed by atoms with Crippen molar-refractivity contribution in [2.45, 2.75) is 32.2 Å². The third-order valence-corrected chi connectivity index (χ3v) is 4.63. The summed E-state index contributed by atoms with van der Waals surface area (Å²) in [6.45, 7) is 2.57. The van der Waals surface area contributed by atoms with Crippen molar-refractivity contribution in [3.8, 4) is 0 Å². The fraction of sp³-hybridized carbons (Fsp3) is 0.900. The zero-order valence-corrected chi connectivity index (χ0v) is 10.4. The molecular formula is C10H20N2O3S. The first-order chi connectivity index (χ1) is 7.43. The van der Waals surface area contributed by atoms with Crippen LogP contribution in [0.1, 0.15) is 26.2 Å². The summed E-state index contributed by atoms with van der Waals surface area (Å²) in [6.07, 6.45) is 1.72. The number of nitrogens with one attached hydrogen (secondary N) is 1. The van der Waals surface area contributed by atoms with E-state index < -0.39 is 9.84 Å². The lowest BCUT2D eigenvalue weighted by molar-refractivity contribution is -0.121. The van der Waals surface area contributed by atoms with Gasteiger partial charge >= 0.3 is 0 Å². The minimum absolute atomic E-state index is 0.0672. The molecule has 1 heterocycles. The summed E-state index contributed by atoms with van der Waals surface area (Å²) in [5.41, 5.74) is 5.45. The predicted octanol–water partition coefficient (Wildman–Crippen LogP) is -0.335. The van der Waals surface area contributed by atoms with Crippen LogP contribution in [0, 0.1) is 5.92 Å². The highest BCUT2D eigenvalue weighted by Crippen LogP contribution is 2.12. The number of carbonyl (C=O) groups excluding carboxylic acids is 1. The molecule has 1 amide bonds. The molecule has 1 aliphatic rings. The topological polar surface area (TPSA) is 89.3 Å². The molecule has 2 unspecified atom stereocenters. The molecule has 1 aliphatic heterocycles. The average Bonchev–Trinajstić information content (AvgIpc) is 2.54. The molecule has 3 N–H and O–H groups in total. The van der Waals surface area contributed by atoms with Gasteiger partial charge in [0.05, 0.1) is 11.5 Å². The number of hydrogen-bond donors (Lipinski definition) is 2. The Balaban J connectivity index is 2.25. The van der Waals surface area contributed by atoms with Crippen molar-refractivity contribution in [2.24, 2.45) is 11.7 Å². The van der Waals surface area contributed by atoms with Gasteiger partial charge in [-0.2, -0.15) is 0 Å². The van der Waals surface area contributed by atoms with E-state index in [4.69, 9.17) is 5.73 Å². The van der Waals surface area contributed by atoms with Crippen molar-refractivity contribution < 1.29 is 13.2 Å². The first-order valence-electron chi connectivity index (χ1n) is 5.63. The molecule has 5 nitrogen and oxygen atoms in total.